The third-order valence-electron chi connectivity index (χ3n) is 6.73. The number of aryl methyl sites for hydroxylation is 1. The highest BCUT2D eigenvalue weighted by molar-refractivity contribution is 5.85. The number of halogens is 1. The van der Waals surface area contributed by atoms with Gasteiger partial charge in [0.15, 0.2) is 0 Å². The van der Waals surface area contributed by atoms with Gasteiger partial charge in [0.2, 0.25) is 0 Å². The SMILES string of the molecule is COc1cccc2c1CC(N(CCCc1c[nH]c3ccccc13)C1CCC1)CO2.Cl. The van der Waals surface area contributed by atoms with Crippen LogP contribution in [0.5, 0.6) is 11.5 Å². The molecule has 2 aromatic carbocycles. The minimum absolute atomic E-state index is 0. The van der Waals surface area contributed by atoms with Crippen LogP contribution in [0.1, 0.15) is 36.8 Å². The van der Waals surface area contributed by atoms with Gasteiger partial charge in [-0.05, 0) is 62.4 Å². The zero-order chi connectivity index (χ0) is 19.6. The molecule has 1 saturated carbocycles. The van der Waals surface area contributed by atoms with Gasteiger partial charge in [0.25, 0.3) is 0 Å². The van der Waals surface area contributed by atoms with E-state index in [-0.39, 0.29) is 12.4 Å². The molecule has 1 aliphatic carbocycles. The van der Waals surface area contributed by atoms with Crippen molar-refractivity contribution in [2.45, 2.75) is 50.6 Å². The predicted octanol–water partition coefficient (Wildman–Crippen LogP) is 5.39. The van der Waals surface area contributed by atoms with Crippen LogP contribution in [-0.4, -0.2) is 42.2 Å². The molecule has 160 valence electrons. The van der Waals surface area contributed by atoms with Gasteiger partial charge < -0.3 is 14.5 Å². The van der Waals surface area contributed by atoms with Crippen LogP contribution in [0, 0.1) is 0 Å². The van der Waals surface area contributed by atoms with Crippen molar-refractivity contribution in [2.75, 3.05) is 20.3 Å². The Morgan fingerprint density at radius 3 is 2.77 bits per heavy atom. The molecular formula is C25H31ClN2O2. The van der Waals surface area contributed by atoms with E-state index in [0.29, 0.717) is 12.1 Å². The zero-order valence-corrected chi connectivity index (χ0v) is 18.4. The Hall–Kier alpha value is -2.17. The summed E-state index contributed by atoms with van der Waals surface area (Å²) in [6, 6.07) is 15.9. The number of H-pyrrole nitrogens is 1. The molecule has 1 aliphatic heterocycles. The average Bonchev–Trinajstić information content (AvgIpc) is 3.14. The Kier molecular flexibility index (Phi) is 6.55. The molecule has 1 N–H and O–H groups in total. The molecule has 0 saturated heterocycles. The maximum atomic E-state index is 6.16. The number of nitrogens with one attached hydrogen (secondary N) is 1. The molecule has 5 heteroatoms. The first-order valence-electron chi connectivity index (χ1n) is 10.9. The fraction of sp³-hybridized carbons (Fsp3) is 0.440. The quantitative estimate of drug-likeness (QED) is 0.550. The number of ether oxygens (including phenoxy) is 2. The van der Waals surface area contributed by atoms with E-state index in [1.54, 1.807) is 7.11 Å². The van der Waals surface area contributed by atoms with Gasteiger partial charge >= 0.3 is 0 Å². The summed E-state index contributed by atoms with van der Waals surface area (Å²) >= 11 is 0. The highest BCUT2D eigenvalue weighted by Crippen LogP contribution is 2.36. The third kappa shape index (κ3) is 4.03. The summed E-state index contributed by atoms with van der Waals surface area (Å²) < 4.78 is 11.8. The first-order chi connectivity index (χ1) is 14.3. The molecule has 0 spiro atoms. The van der Waals surface area contributed by atoms with Crippen molar-refractivity contribution in [3.63, 3.8) is 0 Å². The molecule has 1 aromatic heterocycles. The second kappa shape index (κ2) is 9.32. The number of aromatic amines is 1. The molecule has 5 rings (SSSR count). The molecule has 2 heterocycles. The van der Waals surface area contributed by atoms with Gasteiger partial charge in [-0.15, -0.1) is 12.4 Å². The number of aromatic nitrogens is 1. The van der Waals surface area contributed by atoms with Gasteiger partial charge in [0.05, 0.1) is 7.11 Å². The first-order valence-corrected chi connectivity index (χ1v) is 10.9. The lowest BCUT2D eigenvalue weighted by Gasteiger charge is -2.44. The normalized spacial score (nSPS) is 18.4. The second-order valence-corrected chi connectivity index (χ2v) is 8.39. The van der Waals surface area contributed by atoms with Crippen LogP contribution < -0.4 is 9.47 Å². The Morgan fingerprint density at radius 1 is 1.10 bits per heavy atom. The standard InChI is InChI=1S/C25H30N2O2.ClH/c1-28-24-12-5-13-25-22(24)15-20(17-29-25)27(19-8-4-9-19)14-6-7-18-16-26-23-11-3-2-10-21(18)23;/h2-3,5,10-13,16,19-20,26H,4,6-9,14-15,17H2,1H3;1H. The van der Waals surface area contributed by atoms with E-state index >= 15 is 0 Å². The lowest BCUT2D eigenvalue weighted by Crippen LogP contribution is -2.51. The number of para-hydroxylation sites is 1. The molecule has 4 nitrogen and oxygen atoms in total. The van der Waals surface area contributed by atoms with Crippen LogP contribution in [0.2, 0.25) is 0 Å². The lowest BCUT2D eigenvalue weighted by atomic mass is 9.88. The number of rotatable bonds is 7. The monoisotopic (exact) mass is 426 g/mol. The van der Waals surface area contributed by atoms with Gasteiger partial charge in [0, 0.05) is 34.7 Å². The summed E-state index contributed by atoms with van der Waals surface area (Å²) in [6.07, 6.45) is 9.49. The summed E-state index contributed by atoms with van der Waals surface area (Å²) in [6.45, 7) is 1.91. The fourth-order valence-electron chi connectivity index (χ4n) is 4.94. The molecule has 30 heavy (non-hydrogen) atoms. The largest absolute Gasteiger partial charge is 0.496 e. The van der Waals surface area contributed by atoms with Crippen molar-refractivity contribution in [3.05, 3.63) is 59.8 Å². The van der Waals surface area contributed by atoms with Crippen molar-refractivity contribution in [1.29, 1.82) is 0 Å². The summed E-state index contributed by atoms with van der Waals surface area (Å²) in [5, 5.41) is 1.36. The number of methoxy groups -OCH3 is 1. The Bertz CT molecular complexity index is 968. The Labute approximate surface area is 185 Å². The molecule has 1 unspecified atom stereocenters. The highest BCUT2D eigenvalue weighted by Gasteiger charge is 2.34. The molecule has 1 atom stereocenters. The molecule has 0 amide bonds. The number of hydrogen-bond donors (Lipinski definition) is 1. The van der Waals surface area contributed by atoms with Gasteiger partial charge in [-0.1, -0.05) is 30.7 Å². The van der Waals surface area contributed by atoms with Gasteiger partial charge in [-0.25, -0.2) is 0 Å². The van der Waals surface area contributed by atoms with E-state index in [1.807, 2.05) is 6.07 Å². The predicted molar refractivity (Wildman–Crippen MR) is 124 cm³/mol. The highest BCUT2D eigenvalue weighted by atomic mass is 35.5. The molecule has 1 fully saturated rings. The van der Waals surface area contributed by atoms with Crippen LogP contribution >= 0.6 is 12.4 Å². The van der Waals surface area contributed by atoms with Crippen LogP contribution in [0.4, 0.5) is 0 Å². The maximum absolute atomic E-state index is 6.16. The van der Waals surface area contributed by atoms with Crippen molar-refractivity contribution in [3.8, 4) is 11.5 Å². The van der Waals surface area contributed by atoms with Crippen LogP contribution in [0.15, 0.2) is 48.7 Å². The van der Waals surface area contributed by atoms with E-state index in [1.165, 1.54) is 47.7 Å². The van der Waals surface area contributed by atoms with Crippen LogP contribution in [0.25, 0.3) is 10.9 Å². The molecule has 0 bridgehead atoms. The van der Waals surface area contributed by atoms with Crippen molar-refractivity contribution in [1.82, 2.24) is 9.88 Å². The number of nitrogens with zero attached hydrogens (tertiary/aromatic N) is 1. The molecule has 3 aromatic rings. The topological polar surface area (TPSA) is 37.5 Å². The number of hydrogen-bond acceptors (Lipinski definition) is 3. The van der Waals surface area contributed by atoms with Gasteiger partial charge in [-0.3, -0.25) is 4.90 Å². The van der Waals surface area contributed by atoms with E-state index in [2.05, 4.69) is 52.5 Å². The first kappa shape index (κ1) is 21.1. The van der Waals surface area contributed by atoms with E-state index in [9.17, 15) is 0 Å². The summed E-state index contributed by atoms with van der Waals surface area (Å²) in [4.78, 5) is 6.14. The van der Waals surface area contributed by atoms with Crippen LogP contribution in [-0.2, 0) is 12.8 Å². The van der Waals surface area contributed by atoms with E-state index in [4.69, 9.17) is 9.47 Å². The zero-order valence-electron chi connectivity index (χ0n) is 17.6. The summed E-state index contributed by atoms with van der Waals surface area (Å²) in [5.74, 6) is 1.95. The van der Waals surface area contributed by atoms with E-state index < -0.39 is 0 Å². The smallest absolute Gasteiger partial charge is 0.126 e. The number of fused-ring (bicyclic) bond motifs is 2. The number of benzene rings is 2. The minimum Gasteiger partial charge on any atom is -0.496 e. The van der Waals surface area contributed by atoms with E-state index in [0.717, 1.165) is 37.5 Å². The third-order valence-corrected chi connectivity index (χ3v) is 6.73. The Balaban J connectivity index is 0.00000218. The van der Waals surface area contributed by atoms with Crippen molar-refractivity contribution in [2.24, 2.45) is 0 Å². The second-order valence-electron chi connectivity index (χ2n) is 8.39. The fourth-order valence-corrected chi connectivity index (χ4v) is 4.94. The maximum Gasteiger partial charge on any atom is 0.126 e. The summed E-state index contributed by atoms with van der Waals surface area (Å²) in [5.41, 5.74) is 3.90. The molecular weight excluding hydrogens is 396 g/mol. The van der Waals surface area contributed by atoms with Crippen molar-refractivity contribution < 1.29 is 9.47 Å². The Morgan fingerprint density at radius 2 is 1.97 bits per heavy atom. The molecule has 0 radical (unpaired) electrons. The average molecular weight is 427 g/mol. The summed E-state index contributed by atoms with van der Waals surface area (Å²) in [7, 11) is 1.75. The van der Waals surface area contributed by atoms with Crippen molar-refractivity contribution >= 4 is 23.3 Å². The minimum atomic E-state index is 0. The van der Waals surface area contributed by atoms with Gasteiger partial charge in [-0.2, -0.15) is 0 Å². The molecule has 2 aliphatic rings. The lowest BCUT2D eigenvalue weighted by molar-refractivity contribution is 0.0431. The van der Waals surface area contributed by atoms with Gasteiger partial charge in [0.1, 0.15) is 18.1 Å². The van der Waals surface area contributed by atoms with Crippen LogP contribution in [0.3, 0.4) is 0 Å².